The summed E-state index contributed by atoms with van der Waals surface area (Å²) in [5, 5.41) is 1.10. The number of alkyl halides is 1. The first kappa shape index (κ1) is 10.2. The van der Waals surface area contributed by atoms with Gasteiger partial charge in [-0.1, -0.05) is 18.2 Å². The van der Waals surface area contributed by atoms with Gasteiger partial charge in [-0.05, 0) is 18.6 Å². The highest BCUT2D eigenvalue weighted by atomic mass is 35.5. The van der Waals surface area contributed by atoms with E-state index in [-0.39, 0.29) is 5.91 Å². The zero-order valence-corrected chi connectivity index (χ0v) is 9.29. The highest BCUT2D eigenvalue weighted by molar-refractivity contribution is 6.19. The van der Waals surface area contributed by atoms with Crippen LogP contribution >= 0.6 is 11.6 Å². The number of aromatic nitrogens is 1. The number of benzene rings is 1. The fourth-order valence-corrected chi connectivity index (χ4v) is 1.95. The van der Waals surface area contributed by atoms with Gasteiger partial charge in [-0.2, -0.15) is 0 Å². The van der Waals surface area contributed by atoms with Crippen molar-refractivity contribution >= 4 is 28.4 Å². The molecule has 0 fully saturated rings. The lowest BCUT2D eigenvalue weighted by molar-refractivity contribution is 0.0915. The third-order valence-electron chi connectivity index (χ3n) is 2.49. The molecule has 0 atom stereocenters. The molecule has 2 rings (SSSR count). The Balaban J connectivity index is 2.57. The maximum atomic E-state index is 11.8. The first-order valence-corrected chi connectivity index (χ1v) is 5.43. The van der Waals surface area contributed by atoms with Crippen molar-refractivity contribution in [3.8, 4) is 0 Å². The monoisotopic (exact) mass is 221 g/mol. The number of aryl methyl sites for hydroxylation is 1. The van der Waals surface area contributed by atoms with Gasteiger partial charge in [-0.3, -0.25) is 9.36 Å². The van der Waals surface area contributed by atoms with E-state index in [1.807, 2.05) is 37.4 Å². The summed E-state index contributed by atoms with van der Waals surface area (Å²) in [4.78, 5) is 11.8. The highest BCUT2D eigenvalue weighted by Gasteiger charge is 2.09. The molecule has 0 N–H and O–H groups in total. The van der Waals surface area contributed by atoms with Gasteiger partial charge in [0.1, 0.15) is 0 Å². The van der Waals surface area contributed by atoms with Crippen LogP contribution in [0.25, 0.3) is 10.9 Å². The molecule has 1 heterocycles. The van der Waals surface area contributed by atoms with E-state index < -0.39 is 0 Å². The van der Waals surface area contributed by atoms with Gasteiger partial charge in [0, 0.05) is 23.9 Å². The van der Waals surface area contributed by atoms with Crippen LogP contribution < -0.4 is 0 Å². The Hall–Kier alpha value is -1.28. The van der Waals surface area contributed by atoms with Crippen LogP contribution in [0.15, 0.2) is 30.5 Å². The van der Waals surface area contributed by atoms with Crippen LogP contribution in [0.5, 0.6) is 0 Å². The second-order valence-electron chi connectivity index (χ2n) is 3.53. The Morgan fingerprint density at radius 2 is 2.20 bits per heavy atom. The summed E-state index contributed by atoms with van der Waals surface area (Å²) >= 11 is 5.57. The molecule has 0 aliphatic heterocycles. The van der Waals surface area contributed by atoms with Crippen molar-refractivity contribution in [2.75, 3.05) is 5.88 Å². The third kappa shape index (κ3) is 1.77. The molecule has 0 spiro atoms. The zero-order valence-electron chi connectivity index (χ0n) is 8.53. The number of rotatable bonds is 2. The minimum Gasteiger partial charge on any atom is -0.287 e. The number of para-hydroxylation sites is 1. The van der Waals surface area contributed by atoms with Crippen LogP contribution in [0, 0.1) is 6.92 Å². The van der Waals surface area contributed by atoms with Gasteiger partial charge in [-0.15, -0.1) is 11.6 Å². The van der Waals surface area contributed by atoms with Gasteiger partial charge in [-0.25, -0.2) is 0 Å². The summed E-state index contributed by atoms with van der Waals surface area (Å²) in [6, 6.07) is 7.96. The first-order valence-electron chi connectivity index (χ1n) is 4.90. The molecule has 1 aromatic carbocycles. The Kier molecular flexibility index (Phi) is 2.78. The maximum absolute atomic E-state index is 11.8. The summed E-state index contributed by atoms with van der Waals surface area (Å²) in [6.07, 6.45) is 2.19. The number of nitrogens with zero attached hydrogens (tertiary/aromatic N) is 1. The predicted molar refractivity (Wildman–Crippen MR) is 62.6 cm³/mol. The number of hydrogen-bond acceptors (Lipinski definition) is 1. The molecule has 2 aromatic rings. The van der Waals surface area contributed by atoms with E-state index >= 15 is 0 Å². The molecule has 0 amide bonds. The lowest BCUT2D eigenvalue weighted by Crippen LogP contribution is -2.09. The quantitative estimate of drug-likeness (QED) is 0.714. The number of hydrogen-bond donors (Lipinski definition) is 0. The molecule has 15 heavy (non-hydrogen) atoms. The normalized spacial score (nSPS) is 10.8. The summed E-state index contributed by atoms with van der Waals surface area (Å²) in [5.74, 6) is 0.416. The van der Waals surface area contributed by atoms with Crippen molar-refractivity contribution in [2.24, 2.45) is 0 Å². The molecular weight excluding hydrogens is 210 g/mol. The van der Waals surface area contributed by atoms with Gasteiger partial charge in [0.15, 0.2) is 0 Å². The molecule has 0 aliphatic rings. The van der Waals surface area contributed by atoms with Crippen LogP contribution in [0.1, 0.15) is 16.8 Å². The topological polar surface area (TPSA) is 22.0 Å². The average Bonchev–Trinajstić information content (AvgIpc) is 2.63. The number of carbonyl (C=O) groups excluding carboxylic acids is 1. The Morgan fingerprint density at radius 1 is 1.40 bits per heavy atom. The van der Waals surface area contributed by atoms with E-state index in [0.29, 0.717) is 12.3 Å². The SMILES string of the molecule is Cc1cccc2ccn(C(=O)CCCl)c12. The summed E-state index contributed by atoms with van der Waals surface area (Å²) in [5.41, 5.74) is 2.10. The van der Waals surface area contributed by atoms with Gasteiger partial charge >= 0.3 is 0 Å². The maximum Gasteiger partial charge on any atom is 0.232 e. The van der Waals surface area contributed by atoms with E-state index in [4.69, 9.17) is 11.6 Å². The Bertz CT molecular complexity index is 501. The summed E-state index contributed by atoms with van der Waals surface area (Å²) < 4.78 is 1.69. The van der Waals surface area contributed by atoms with Crippen molar-refractivity contribution in [3.05, 3.63) is 36.0 Å². The van der Waals surface area contributed by atoms with Crippen molar-refractivity contribution in [2.45, 2.75) is 13.3 Å². The lowest BCUT2D eigenvalue weighted by Gasteiger charge is -2.04. The molecule has 2 nitrogen and oxygen atoms in total. The van der Waals surface area contributed by atoms with E-state index in [1.165, 1.54) is 0 Å². The Labute approximate surface area is 93.5 Å². The van der Waals surface area contributed by atoms with E-state index in [1.54, 1.807) is 4.57 Å². The second-order valence-corrected chi connectivity index (χ2v) is 3.91. The fourth-order valence-electron chi connectivity index (χ4n) is 1.78. The summed E-state index contributed by atoms with van der Waals surface area (Å²) in [7, 11) is 0. The Morgan fingerprint density at radius 3 is 2.93 bits per heavy atom. The predicted octanol–water partition coefficient (Wildman–Crippen LogP) is 3.22. The van der Waals surface area contributed by atoms with E-state index in [9.17, 15) is 4.79 Å². The first-order chi connectivity index (χ1) is 7.24. The van der Waals surface area contributed by atoms with Gasteiger partial charge < -0.3 is 0 Å². The number of carbonyl (C=O) groups is 1. The number of halogens is 1. The van der Waals surface area contributed by atoms with Crippen LogP contribution in [-0.2, 0) is 0 Å². The molecule has 1 aromatic heterocycles. The molecule has 0 radical (unpaired) electrons. The molecule has 0 saturated heterocycles. The van der Waals surface area contributed by atoms with Gasteiger partial charge in [0.25, 0.3) is 0 Å². The van der Waals surface area contributed by atoms with Crippen molar-refractivity contribution < 1.29 is 4.79 Å². The van der Waals surface area contributed by atoms with Gasteiger partial charge in [0.2, 0.25) is 5.91 Å². The third-order valence-corrected chi connectivity index (χ3v) is 2.68. The lowest BCUT2D eigenvalue weighted by atomic mass is 10.2. The minimum atomic E-state index is 0.0503. The zero-order chi connectivity index (χ0) is 10.8. The number of fused-ring (bicyclic) bond motifs is 1. The molecule has 0 aliphatic carbocycles. The fraction of sp³-hybridized carbons (Fsp3) is 0.250. The van der Waals surface area contributed by atoms with Gasteiger partial charge in [0.05, 0.1) is 5.52 Å². The smallest absolute Gasteiger partial charge is 0.232 e. The molecular formula is C12H12ClNO. The standard InChI is InChI=1S/C12H12ClNO/c1-9-3-2-4-10-6-8-14(12(9)10)11(15)5-7-13/h2-4,6,8H,5,7H2,1H3. The van der Waals surface area contributed by atoms with Crippen molar-refractivity contribution in [1.82, 2.24) is 4.57 Å². The molecule has 0 bridgehead atoms. The molecule has 0 unspecified atom stereocenters. The molecule has 3 heteroatoms. The van der Waals surface area contributed by atoms with Crippen LogP contribution in [-0.4, -0.2) is 16.4 Å². The van der Waals surface area contributed by atoms with Crippen LogP contribution in [0.4, 0.5) is 0 Å². The van der Waals surface area contributed by atoms with Crippen molar-refractivity contribution in [1.29, 1.82) is 0 Å². The van der Waals surface area contributed by atoms with E-state index in [2.05, 4.69) is 0 Å². The second kappa shape index (κ2) is 4.07. The minimum absolute atomic E-state index is 0.0503. The largest absolute Gasteiger partial charge is 0.287 e. The van der Waals surface area contributed by atoms with Crippen molar-refractivity contribution in [3.63, 3.8) is 0 Å². The van der Waals surface area contributed by atoms with E-state index in [0.717, 1.165) is 16.5 Å². The average molecular weight is 222 g/mol. The molecule has 78 valence electrons. The van der Waals surface area contributed by atoms with Crippen LogP contribution in [0.3, 0.4) is 0 Å². The highest BCUT2D eigenvalue weighted by Crippen LogP contribution is 2.19. The molecule has 0 saturated carbocycles. The van der Waals surface area contributed by atoms with Crippen LogP contribution in [0.2, 0.25) is 0 Å². The summed E-state index contributed by atoms with van der Waals surface area (Å²) in [6.45, 7) is 2.01.